The molecule has 1 N–H and O–H groups in total. The predicted molar refractivity (Wildman–Crippen MR) is 105 cm³/mol. The summed E-state index contributed by atoms with van der Waals surface area (Å²) in [5.74, 6) is -1.34. The molecule has 0 bridgehead atoms. The van der Waals surface area contributed by atoms with E-state index in [0.29, 0.717) is 5.56 Å². The standard InChI is InChI=1S/C22H24O8/c1-26-13-16-17(27-2)18(29-20(23)14-9-5-3-6-10-14)19(22(25)28-16)30-21(24)15-11-7-4-8-12-15/h3-12,16-19,22,25H,13H2,1-2H3. The van der Waals surface area contributed by atoms with Crippen LogP contribution in [0.5, 0.6) is 0 Å². The fraction of sp³-hybridized carbons (Fsp3) is 0.364. The highest BCUT2D eigenvalue weighted by molar-refractivity contribution is 5.90. The van der Waals surface area contributed by atoms with Crippen molar-refractivity contribution >= 4 is 11.9 Å². The zero-order chi connectivity index (χ0) is 21.5. The number of ether oxygens (including phenoxy) is 5. The minimum Gasteiger partial charge on any atom is -0.452 e. The van der Waals surface area contributed by atoms with Crippen molar-refractivity contribution in [1.82, 2.24) is 0 Å². The summed E-state index contributed by atoms with van der Waals surface area (Å²) in [4.78, 5) is 25.2. The summed E-state index contributed by atoms with van der Waals surface area (Å²) >= 11 is 0. The first-order chi connectivity index (χ1) is 14.5. The highest BCUT2D eigenvalue weighted by Crippen LogP contribution is 2.28. The number of esters is 2. The number of aliphatic hydroxyl groups is 1. The zero-order valence-corrected chi connectivity index (χ0v) is 16.7. The smallest absolute Gasteiger partial charge is 0.338 e. The lowest BCUT2D eigenvalue weighted by molar-refractivity contribution is -0.290. The van der Waals surface area contributed by atoms with Crippen LogP contribution in [0, 0.1) is 0 Å². The number of aliphatic hydroxyl groups excluding tert-OH is 1. The number of rotatable bonds is 7. The van der Waals surface area contributed by atoms with Crippen molar-refractivity contribution in [2.45, 2.75) is 30.7 Å². The molecule has 1 aliphatic rings. The van der Waals surface area contributed by atoms with Crippen LogP contribution in [0.25, 0.3) is 0 Å². The van der Waals surface area contributed by atoms with Gasteiger partial charge in [0.15, 0.2) is 18.5 Å². The summed E-state index contributed by atoms with van der Waals surface area (Å²) in [6.45, 7) is 0.0777. The minimum absolute atomic E-state index is 0.0777. The van der Waals surface area contributed by atoms with E-state index in [4.69, 9.17) is 23.7 Å². The van der Waals surface area contributed by atoms with Crippen molar-refractivity contribution in [2.75, 3.05) is 20.8 Å². The summed E-state index contributed by atoms with van der Waals surface area (Å²) in [6, 6.07) is 16.6. The summed E-state index contributed by atoms with van der Waals surface area (Å²) in [6.07, 6.45) is -5.55. The van der Waals surface area contributed by atoms with Crippen LogP contribution in [0.15, 0.2) is 60.7 Å². The fourth-order valence-corrected chi connectivity index (χ4v) is 3.27. The number of carbonyl (C=O) groups excluding carboxylic acids is 2. The Morgan fingerprint density at radius 1 is 0.833 bits per heavy atom. The molecular weight excluding hydrogens is 392 g/mol. The topological polar surface area (TPSA) is 101 Å². The van der Waals surface area contributed by atoms with Gasteiger partial charge in [-0.05, 0) is 24.3 Å². The van der Waals surface area contributed by atoms with Crippen LogP contribution >= 0.6 is 0 Å². The van der Waals surface area contributed by atoms with E-state index in [9.17, 15) is 14.7 Å². The molecule has 3 rings (SSSR count). The van der Waals surface area contributed by atoms with Gasteiger partial charge in [0, 0.05) is 14.2 Å². The second-order valence-corrected chi connectivity index (χ2v) is 6.69. The molecule has 30 heavy (non-hydrogen) atoms. The van der Waals surface area contributed by atoms with Gasteiger partial charge in [0.25, 0.3) is 0 Å². The van der Waals surface area contributed by atoms with E-state index < -0.39 is 42.6 Å². The van der Waals surface area contributed by atoms with Crippen molar-refractivity contribution in [1.29, 1.82) is 0 Å². The Morgan fingerprint density at radius 3 is 1.80 bits per heavy atom. The Balaban J connectivity index is 1.86. The van der Waals surface area contributed by atoms with Gasteiger partial charge in [-0.15, -0.1) is 0 Å². The fourth-order valence-electron chi connectivity index (χ4n) is 3.27. The number of benzene rings is 2. The maximum atomic E-state index is 12.7. The monoisotopic (exact) mass is 416 g/mol. The normalized spacial score (nSPS) is 26.0. The van der Waals surface area contributed by atoms with Crippen LogP contribution in [-0.2, 0) is 23.7 Å². The molecule has 0 aromatic heterocycles. The van der Waals surface area contributed by atoms with E-state index in [1.807, 2.05) is 0 Å². The molecule has 160 valence electrons. The van der Waals surface area contributed by atoms with Gasteiger partial charge in [0.05, 0.1) is 17.7 Å². The maximum absolute atomic E-state index is 12.7. The molecule has 0 saturated carbocycles. The first kappa shape index (κ1) is 21.9. The molecule has 0 radical (unpaired) electrons. The molecular formula is C22H24O8. The Labute approximate surface area is 174 Å². The number of carbonyl (C=O) groups is 2. The molecule has 0 aliphatic carbocycles. The van der Waals surface area contributed by atoms with E-state index >= 15 is 0 Å². The average molecular weight is 416 g/mol. The molecule has 1 saturated heterocycles. The number of hydrogen-bond donors (Lipinski definition) is 1. The molecule has 1 fully saturated rings. The minimum atomic E-state index is -1.54. The Bertz CT molecular complexity index is 826. The van der Waals surface area contributed by atoms with Crippen molar-refractivity contribution in [3.8, 4) is 0 Å². The summed E-state index contributed by atoms with van der Waals surface area (Å²) < 4.78 is 27.3. The van der Waals surface area contributed by atoms with Gasteiger partial charge in [-0.2, -0.15) is 0 Å². The van der Waals surface area contributed by atoms with Crippen molar-refractivity contribution in [3.05, 3.63) is 71.8 Å². The SMILES string of the molecule is COCC1OC(O)C(OC(=O)c2ccccc2)C(OC(=O)c2ccccc2)C1OC. The zero-order valence-electron chi connectivity index (χ0n) is 16.7. The van der Waals surface area contributed by atoms with Crippen molar-refractivity contribution < 1.29 is 38.4 Å². The van der Waals surface area contributed by atoms with Gasteiger partial charge in [0.1, 0.15) is 12.2 Å². The Kier molecular flexibility index (Phi) is 7.53. The molecule has 2 aromatic carbocycles. The van der Waals surface area contributed by atoms with E-state index in [1.165, 1.54) is 14.2 Å². The lowest BCUT2D eigenvalue weighted by Gasteiger charge is -2.42. The van der Waals surface area contributed by atoms with Crippen molar-refractivity contribution in [2.24, 2.45) is 0 Å². The second-order valence-electron chi connectivity index (χ2n) is 6.69. The lowest BCUT2D eigenvalue weighted by atomic mass is 9.98. The van der Waals surface area contributed by atoms with Gasteiger partial charge in [0.2, 0.25) is 0 Å². The van der Waals surface area contributed by atoms with Crippen LogP contribution in [0.2, 0.25) is 0 Å². The number of hydrogen-bond acceptors (Lipinski definition) is 8. The first-order valence-corrected chi connectivity index (χ1v) is 9.42. The van der Waals surface area contributed by atoms with E-state index in [1.54, 1.807) is 60.7 Å². The largest absolute Gasteiger partial charge is 0.452 e. The lowest BCUT2D eigenvalue weighted by Crippen LogP contribution is -2.61. The van der Waals surface area contributed by atoms with Gasteiger partial charge in [-0.1, -0.05) is 36.4 Å². The molecule has 5 atom stereocenters. The third-order valence-corrected chi connectivity index (χ3v) is 4.72. The molecule has 8 nitrogen and oxygen atoms in total. The maximum Gasteiger partial charge on any atom is 0.338 e. The summed E-state index contributed by atoms with van der Waals surface area (Å²) in [5.41, 5.74) is 0.593. The summed E-state index contributed by atoms with van der Waals surface area (Å²) in [7, 11) is 2.88. The molecule has 5 unspecified atom stereocenters. The second kappa shape index (κ2) is 10.3. The van der Waals surface area contributed by atoms with Crippen LogP contribution in [0.3, 0.4) is 0 Å². The quantitative estimate of drug-likeness (QED) is 0.683. The molecule has 1 aliphatic heterocycles. The molecule has 0 amide bonds. The van der Waals surface area contributed by atoms with Crippen LogP contribution in [0.4, 0.5) is 0 Å². The van der Waals surface area contributed by atoms with Gasteiger partial charge in [-0.3, -0.25) is 0 Å². The Hall–Kier alpha value is -2.78. The highest BCUT2D eigenvalue weighted by Gasteiger charge is 2.50. The number of methoxy groups -OCH3 is 2. The average Bonchev–Trinajstić information content (AvgIpc) is 2.77. The molecule has 0 spiro atoms. The molecule has 2 aromatic rings. The van der Waals surface area contributed by atoms with Crippen LogP contribution < -0.4 is 0 Å². The third-order valence-electron chi connectivity index (χ3n) is 4.72. The summed E-state index contributed by atoms with van der Waals surface area (Å²) in [5, 5.41) is 10.5. The van der Waals surface area contributed by atoms with Gasteiger partial charge >= 0.3 is 11.9 Å². The highest BCUT2D eigenvalue weighted by atomic mass is 16.7. The van der Waals surface area contributed by atoms with Gasteiger partial charge in [-0.25, -0.2) is 9.59 Å². The van der Waals surface area contributed by atoms with Crippen LogP contribution in [-0.4, -0.2) is 68.6 Å². The van der Waals surface area contributed by atoms with Crippen molar-refractivity contribution in [3.63, 3.8) is 0 Å². The van der Waals surface area contributed by atoms with Gasteiger partial charge < -0.3 is 28.8 Å². The first-order valence-electron chi connectivity index (χ1n) is 9.42. The van der Waals surface area contributed by atoms with E-state index in [2.05, 4.69) is 0 Å². The molecule has 8 heteroatoms. The van der Waals surface area contributed by atoms with Crippen LogP contribution in [0.1, 0.15) is 20.7 Å². The predicted octanol–water partition coefficient (Wildman–Crippen LogP) is 1.82. The van der Waals surface area contributed by atoms with E-state index in [-0.39, 0.29) is 12.2 Å². The van der Waals surface area contributed by atoms with E-state index in [0.717, 1.165) is 0 Å². The molecule has 1 heterocycles. The Morgan fingerprint density at radius 2 is 1.33 bits per heavy atom. The third kappa shape index (κ3) is 5.03.